The van der Waals surface area contributed by atoms with E-state index in [2.05, 4.69) is 4.74 Å². The van der Waals surface area contributed by atoms with Gasteiger partial charge in [0.15, 0.2) is 5.78 Å². The van der Waals surface area contributed by atoms with Crippen molar-refractivity contribution in [2.24, 2.45) is 0 Å². The van der Waals surface area contributed by atoms with Crippen molar-refractivity contribution in [3.63, 3.8) is 0 Å². The summed E-state index contributed by atoms with van der Waals surface area (Å²) in [4.78, 5) is 22.5. The van der Waals surface area contributed by atoms with E-state index >= 15 is 0 Å². The predicted molar refractivity (Wildman–Crippen MR) is 61.6 cm³/mol. The van der Waals surface area contributed by atoms with E-state index in [9.17, 15) is 9.59 Å². The van der Waals surface area contributed by atoms with Crippen molar-refractivity contribution in [3.8, 4) is 0 Å². The van der Waals surface area contributed by atoms with Crippen molar-refractivity contribution in [1.82, 2.24) is 0 Å². The maximum atomic E-state index is 11.7. The molecule has 0 fully saturated rings. The van der Waals surface area contributed by atoms with Crippen LogP contribution in [0.15, 0.2) is 24.3 Å². The van der Waals surface area contributed by atoms with E-state index in [1.807, 2.05) is 0 Å². The molecule has 0 N–H and O–H groups in total. The van der Waals surface area contributed by atoms with E-state index in [-0.39, 0.29) is 18.2 Å². The average molecular weight is 241 g/mol. The second kappa shape index (κ2) is 6.28. The van der Waals surface area contributed by atoms with E-state index in [1.165, 1.54) is 7.11 Å². The molecular formula is C12H13ClO3. The van der Waals surface area contributed by atoms with Gasteiger partial charge in [-0.2, -0.15) is 0 Å². The molecule has 0 amide bonds. The first-order chi connectivity index (χ1) is 7.63. The summed E-state index contributed by atoms with van der Waals surface area (Å²) in [5.41, 5.74) is 0.581. The van der Waals surface area contributed by atoms with Crippen LogP contribution in [0.4, 0.5) is 0 Å². The minimum atomic E-state index is -0.293. The second-order valence-electron chi connectivity index (χ2n) is 3.36. The molecule has 0 unspecified atom stereocenters. The zero-order chi connectivity index (χ0) is 12.0. The van der Waals surface area contributed by atoms with Crippen LogP contribution in [0.25, 0.3) is 0 Å². The van der Waals surface area contributed by atoms with E-state index in [1.54, 1.807) is 24.3 Å². The van der Waals surface area contributed by atoms with Crippen LogP contribution < -0.4 is 0 Å². The van der Waals surface area contributed by atoms with E-state index < -0.39 is 0 Å². The zero-order valence-corrected chi connectivity index (χ0v) is 9.79. The molecule has 0 heterocycles. The smallest absolute Gasteiger partial charge is 0.305 e. The summed E-state index contributed by atoms with van der Waals surface area (Å²) in [7, 11) is 1.33. The third-order valence-electron chi connectivity index (χ3n) is 2.16. The van der Waals surface area contributed by atoms with Gasteiger partial charge in [0.05, 0.1) is 7.11 Å². The standard InChI is InChI=1S/C12H13ClO3/c1-16-12(15)7-3-6-11(14)9-4-2-5-10(13)8-9/h2,4-5,8H,3,6-7H2,1H3. The van der Waals surface area contributed by atoms with E-state index in [4.69, 9.17) is 11.6 Å². The Morgan fingerprint density at radius 2 is 2.06 bits per heavy atom. The highest BCUT2D eigenvalue weighted by Crippen LogP contribution is 2.13. The molecule has 1 aromatic carbocycles. The number of hydrogen-bond acceptors (Lipinski definition) is 3. The van der Waals surface area contributed by atoms with Gasteiger partial charge in [0.1, 0.15) is 0 Å². The van der Waals surface area contributed by atoms with E-state index in [0.29, 0.717) is 23.4 Å². The molecule has 0 aliphatic carbocycles. The van der Waals surface area contributed by atoms with E-state index in [0.717, 1.165) is 0 Å². The van der Waals surface area contributed by atoms with Crippen LogP contribution in [0.5, 0.6) is 0 Å². The fourth-order valence-electron chi connectivity index (χ4n) is 1.30. The molecule has 16 heavy (non-hydrogen) atoms. The first-order valence-electron chi connectivity index (χ1n) is 4.99. The number of esters is 1. The Bertz CT molecular complexity index is 388. The maximum absolute atomic E-state index is 11.7. The number of rotatable bonds is 5. The first kappa shape index (κ1) is 12.7. The average Bonchev–Trinajstić information content (AvgIpc) is 2.28. The summed E-state index contributed by atoms with van der Waals surface area (Å²) >= 11 is 5.77. The lowest BCUT2D eigenvalue weighted by Crippen LogP contribution is -2.03. The number of Topliss-reactive ketones (excluding diaryl/α,β-unsaturated/α-hetero) is 1. The fourth-order valence-corrected chi connectivity index (χ4v) is 1.49. The fraction of sp³-hybridized carbons (Fsp3) is 0.333. The van der Waals surface area contributed by atoms with Crippen LogP contribution in [-0.4, -0.2) is 18.9 Å². The molecule has 0 aliphatic rings. The molecule has 86 valence electrons. The van der Waals surface area contributed by atoms with Crippen molar-refractivity contribution in [1.29, 1.82) is 0 Å². The van der Waals surface area contributed by atoms with Gasteiger partial charge in [0.25, 0.3) is 0 Å². The molecule has 3 nitrogen and oxygen atoms in total. The summed E-state index contributed by atoms with van der Waals surface area (Å²) < 4.78 is 4.49. The number of carbonyl (C=O) groups is 2. The largest absolute Gasteiger partial charge is 0.469 e. The molecule has 0 aromatic heterocycles. The van der Waals surface area contributed by atoms with Gasteiger partial charge in [-0.05, 0) is 18.6 Å². The van der Waals surface area contributed by atoms with Crippen molar-refractivity contribution in [2.75, 3.05) is 7.11 Å². The van der Waals surface area contributed by atoms with Gasteiger partial charge in [-0.3, -0.25) is 9.59 Å². The summed E-state index contributed by atoms with van der Waals surface area (Å²) in [6.07, 6.45) is 1.09. The third kappa shape index (κ3) is 4.03. The molecule has 0 saturated carbocycles. The van der Waals surface area contributed by atoms with Crippen molar-refractivity contribution in [2.45, 2.75) is 19.3 Å². The highest BCUT2D eigenvalue weighted by atomic mass is 35.5. The molecule has 0 radical (unpaired) electrons. The summed E-state index contributed by atoms with van der Waals surface area (Å²) in [5.74, 6) is -0.301. The summed E-state index contributed by atoms with van der Waals surface area (Å²) in [5, 5.41) is 0.541. The molecular weight excluding hydrogens is 228 g/mol. The Hall–Kier alpha value is -1.35. The molecule has 0 atom stereocenters. The van der Waals surface area contributed by atoms with Crippen LogP contribution in [-0.2, 0) is 9.53 Å². The highest BCUT2D eigenvalue weighted by Gasteiger charge is 2.07. The normalized spacial score (nSPS) is 9.88. The molecule has 1 aromatic rings. The predicted octanol–water partition coefficient (Wildman–Crippen LogP) is 2.87. The molecule has 0 aliphatic heterocycles. The topological polar surface area (TPSA) is 43.4 Å². The highest BCUT2D eigenvalue weighted by molar-refractivity contribution is 6.31. The molecule has 0 spiro atoms. The summed E-state index contributed by atoms with van der Waals surface area (Å²) in [6, 6.07) is 6.79. The lowest BCUT2D eigenvalue weighted by Gasteiger charge is -2.01. The van der Waals surface area contributed by atoms with Crippen LogP contribution in [0, 0.1) is 0 Å². The number of halogens is 1. The van der Waals surface area contributed by atoms with Gasteiger partial charge in [0.2, 0.25) is 0 Å². The number of benzene rings is 1. The van der Waals surface area contributed by atoms with Crippen LogP contribution in [0.2, 0.25) is 5.02 Å². The number of carbonyl (C=O) groups excluding carboxylic acids is 2. The molecule has 0 saturated heterocycles. The Kier molecular flexibility index (Phi) is 4.99. The lowest BCUT2D eigenvalue weighted by atomic mass is 10.1. The van der Waals surface area contributed by atoms with Crippen molar-refractivity contribution >= 4 is 23.4 Å². The van der Waals surface area contributed by atoms with Crippen LogP contribution in [0.3, 0.4) is 0 Å². The molecule has 4 heteroatoms. The third-order valence-corrected chi connectivity index (χ3v) is 2.39. The van der Waals surface area contributed by atoms with Gasteiger partial charge in [-0.25, -0.2) is 0 Å². The second-order valence-corrected chi connectivity index (χ2v) is 3.80. The minimum Gasteiger partial charge on any atom is -0.469 e. The van der Waals surface area contributed by atoms with Gasteiger partial charge in [0, 0.05) is 23.4 Å². The monoisotopic (exact) mass is 240 g/mol. The number of methoxy groups -OCH3 is 1. The Labute approximate surface area is 99.4 Å². The van der Waals surface area contributed by atoms with Crippen molar-refractivity contribution in [3.05, 3.63) is 34.9 Å². The number of hydrogen-bond donors (Lipinski definition) is 0. The Balaban J connectivity index is 2.44. The van der Waals surface area contributed by atoms with Crippen LogP contribution in [0.1, 0.15) is 29.6 Å². The quantitative estimate of drug-likeness (QED) is 0.587. The molecule has 0 bridgehead atoms. The SMILES string of the molecule is COC(=O)CCCC(=O)c1cccc(Cl)c1. The van der Waals surface area contributed by atoms with Gasteiger partial charge in [-0.15, -0.1) is 0 Å². The lowest BCUT2D eigenvalue weighted by molar-refractivity contribution is -0.140. The zero-order valence-electron chi connectivity index (χ0n) is 9.03. The van der Waals surface area contributed by atoms with Gasteiger partial charge in [-0.1, -0.05) is 23.7 Å². The van der Waals surface area contributed by atoms with Gasteiger partial charge < -0.3 is 4.74 Å². The summed E-state index contributed by atoms with van der Waals surface area (Å²) in [6.45, 7) is 0. The van der Waals surface area contributed by atoms with Crippen molar-refractivity contribution < 1.29 is 14.3 Å². The minimum absolute atomic E-state index is 0.00796. The molecule has 1 rings (SSSR count). The Morgan fingerprint density at radius 3 is 2.69 bits per heavy atom. The first-order valence-corrected chi connectivity index (χ1v) is 5.37. The number of ether oxygens (including phenoxy) is 1. The van der Waals surface area contributed by atoms with Gasteiger partial charge >= 0.3 is 5.97 Å². The van der Waals surface area contributed by atoms with Crippen LogP contribution >= 0.6 is 11.6 Å². The maximum Gasteiger partial charge on any atom is 0.305 e. The Morgan fingerprint density at radius 1 is 1.31 bits per heavy atom. The number of ketones is 1.